The van der Waals surface area contributed by atoms with Crippen LogP contribution in [0.15, 0.2) is 71.4 Å². The van der Waals surface area contributed by atoms with E-state index in [0.717, 1.165) is 22.4 Å². The second kappa shape index (κ2) is 4.49. The summed E-state index contributed by atoms with van der Waals surface area (Å²) in [6.45, 7) is 0. The summed E-state index contributed by atoms with van der Waals surface area (Å²) in [4.78, 5) is 4.69. The monoisotopic (exact) mass is 258 g/mol. The van der Waals surface area contributed by atoms with E-state index < -0.39 is 0 Å². The average molecular weight is 258 g/mol. The zero-order chi connectivity index (χ0) is 13.4. The first-order chi connectivity index (χ1) is 9.92. The van der Waals surface area contributed by atoms with Crippen LogP contribution in [0.3, 0.4) is 0 Å². The Bertz CT molecular complexity index is 826. The first-order valence-corrected chi connectivity index (χ1v) is 6.57. The van der Waals surface area contributed by atoms with Crippen LogP contribution in [-0.4, -0.2) is 4.98 Å². The fourth-order valence-electron chi connectivity index (χ4n) is 2.52. The molecule has 0 bridgehead atoms. The fraction of sp³-hybridized carbons (Fsp3) is 0. The van der Waals surface area contributed by atoms with Gasteiger partial charge in [0.2, 0.25) is 0 Å². The molecule has 95 valence electrons. The third-order valence-corrected chi connectivity index (χ3v) is 3.46. The molecule has 1 aromatic carbocycles. The van der Waals surface area contributed by atoms with Crippen molar-refractivity contribution in [3.63, 3.8) is 0 Å². The number of fused-ring (bicyclic) bond motifs is 1. The van der Waals surface area contributed by atoms with Crippen LogP contribution in [0.5, 0.6) is 0 Å². The number of aromatic nitrogens is 1. The number of rotatable bonds is 2. The molecule has 2 aromatic heterocycles. The Morgan fingerprint density at radius 2 is 1.95 bits per heavy atom. The zero-order valence-corrected chi connectivity index (χ0v) is 10.8. The lowest BCUT2D eigenvalue weighted by molar-refractivity contribution is 0.580. The minimum atomic E-state index is 0.795. The highest BCUT2D eigenvalue weighted by atomic mass is 16.3. The molecule has 2 heteroatoms. The number of para-hydroxylation sites is 1. The van der Waals surface area contributed by atoms with E-state index in [9.17, 15) is 0 Å². The number of pyridine rings is 1. The van der Waals surface area contributed by atoms with Crippen LogP contribution in [0.25, 0.3) is 27.9 Å². The molecule has 0 N–H and O–H groups in total. The molecule has 4 rings (SSSR count). The molecule has 1 aliphatic rings. The molecule has 0 spiro atoms. The lowest BCUT2D eigenvalue weighted by atomic mass is 10.0. The highest BCUT2D eigenvalue weighted by molar-refractivity contribution is 5.97. The van der Waals surface area contributed by atoms with Gasteiger partial charge in [-0.2, -0.15) is 0 Å². The molecule has 1 aliphatic carbocycles. The van der Waals surface area contributed by atoms with Gasteiger partial charge in [-0.05, 0) is 35.4 Å². The molecular weight excluding hydrogens is 246 g/mol. The second-order valence-electron chi connectivity index (χ2n) is 4.72. The molecule has 1 radical (unpaired) electrons. The van der Waals surface area contributed by atoms with Crippen molar-refractivity contribution in [2.24, 2.45) is 0 Å². The topological polar surface area (TPSA) is 26.0 Å². The van der Waals surface area contributed by atoms with Crippen LogP contribution in [0.2, 0.25) is 0 Å². The average Bonchev–Trinajstić information content (AvgIpc) is 3.19. The summed E-state index contributed by atoms with van der Waals surface area (Å²) in [7, 11) is 0. The van der Waals surface area contributed by atoms with Gasteiger partial charge in [0.15, 0.2) is 5.76 Å². The van der Waals surface area contributed by atoms with Gasteiger partial charge >= 0.3 is 0 Å². The smallest absolute Gasteiger partial charge is 0.152 e. The number of allylic oxidation sites excluding steroid dienone is 4. The Morgan fingerprint density at radius 1 is 1.00 bits per heavy atom. The maximum Gasteiger partial charge on any atom is 0.152 e. The lowest BCUT2D eigenvalue weighted by Gasteiger charge is -2.08. The summed E-state index contributed by atoms with van der Waals surface area (Å²) in [5.74, 6) is 0.795. The predicted octanol–water partition coefficient (Wildman–Crippen LogP) is 4.65. The highest BCUT2D eigenvalue weighted by Gasteiger charge is 2.12. The van der Waals surface area contributed by atoms with Gasteiger partial charge in [-0.1, -0.05) is 36.4 Å². The molecule has 20 heavy (non-hydrogen) atoms. The van der Waals surface area contributed by atoms with Crippen LogP contribution in [-0.2, 0) is 0 Å². The van der Waals surface area contributed by atoms with Gasteiger partial charge in [0, 0.05) is 11.8 Å². The van der Waals surface area contributed by atoms with E-state index in [1.165, 1.54) is 11.1 Å². The van der Waals surface area contributed by atoms with Crippen LogP contribution in [0.1, 0.15) is 5.56 Å². The summed E-state index contributed by atoms with van der Waals surface area (Å²) in [6, 6.07) is 14.1. The van der Waals surface area contributed by atoms with E-state index in [-0.39, 0.29) is 0 Å². The first kappa shape index (κ1) is 11.2. The molecule has 0 saturated heterocycles. The van der Waals surface area contributed by atoms with Crippen molar-refractivity contribution in [3.05, 3.63) is 78.9 Å². The summed E-state index contributed by atoms with van der Waals surface area (Å²) in [5.41, 5.74) is 4.24. The maximum atomic E-state index is 5.48. The van der Waals surface area contributed by atoms with Gasteiger partial charge in [-0.3, -0.25) is 0 Å². The molecule has 0 aliphatic heterocycles. The van der Waals surface area contributed by atoms with Crippen LogP contribution >= 0.6 is 0 Å². The quantitative estimate of drug-likeness (QED) is 0.668. The Labute approximate surface area is 117 Å². The van der Waals surface area contributed by atoms with Gasteiger partial charge in [-0.15, -0.1) is 0 Å². The Hall–Kier alpha value is -2.61. The van der Waals surface area contributed by atoms with E-state index in [1.54, 1.807) is 6.26 Å². The molecule has 0 amide bonds. The Balaban J connectivity index is 2.02. The second-order valence-corrected chi connectivity index (χ2v) is 4.72. The molecule has 0 atom stereocenters. The van der Waals surface area contributed by atoms with Gasteiger partial charge < -0.3 is 4.42 Å². The molecule has 2 heterocycles. The van der Waals surface area contributed by atoms with Crippen molar-refractivity contribution < 1.29 is 4.42 Å². The van der Waals surface area contributed by atoms with E-state index in [4.69, 9.17) is 9.40 Å². The molecule has 3 aromatic rings. The van der Waals surface area contributed by atoms with Crippen LogP contribution in [0.4, 0.5) is 0 Å². The molecular formula is C18H12NO. The van der Waals surface area contributed by atoms with Gasteiger partial charge in [-0.25, -0.2) is 4.98 Å². The van der Waals surface area contributed by atoms with Crippen molar-refractivity contribution in [3.8, 4) is 11.5 Å². The molecule has 2 nitrogen and oxygen atoms in total. The van der Waals surface area contributed by atoms with E-state index in [0.29, 0.717) is 0 Å². The van der Waals surface area contributed by atoms with Crippen molar-refractivity contribution >= 4 is 16.5 Å². The largest absolute Gasteiger partial charge is 0.463 e. The van der Waals surface area contributed by atoms with Gasteiger partial charge in [0.1, 0.15) is 5.69 Å². The van der Waals surface area contributed by atoms with Crippen LogP contribution < -0.4 is 0 Å². The van der Waals surface area contributed by atoms with Crippen LogP contribution in [0, 0.1) is 6.42 Å². The SMILES string of the molecule is [CH]1C=CC(c2cc(-c3ccco3)nc3ccccc23)=C1. The van der Waals surface area contributed by atoms with Crippen molar-refractivity contribution in [1.82, 2.24) is 4.98 Å². The number of furan rings is 1. The minimum Gasteiger partial charge on any atom is -0.463 e. The Kier molecular flexibility index (Phi) is 2.52. The molecule has 0 fully saturated rings. The third-order valence-electron chi connectivity index (χ3n) is 3.46. The van der Waals surface area contributed by atoms with E-state index >= 15 is 0 Å². The summed E-state index contributed by atoms with van der Waals surface area (Å²) < 4.78 is 5.48. The van der Waals surface area contributed by atoms with E-state index in [2.05, 4.69) is 36.8 Å². The number of benzene rings is 1. The predicted molar refractivity (Wildman–Crippen MR) is 80.9 cm³/mol. The van der Waals surface area contributed by atoms with Gasteiger partial charge in [0.05, 0.1) is 11.8 Å². The van der Waals surface area contributed by atoms with Crippen molar-refractivity contribution in [1.29, 1.82) is 0 Å². The lowest BCUT2D eigenvalue weighted by Crippen LogP contribution is -1.90. The molecule has 0 unspecified atom stereocenters. The summed E-state index contributed by atoms with van der Waals surface area (Å²) >= 11 is 0. The van der Waals surface area contributed by atoms with Crippen molar-refractivity contribution in [2.75, 3.05) is 0 Å². The maximum absolute atomic E-state index is 5.48. The van der Waals surface area contributed by atoms with Gasteiger partial charge in [0.25, 0.3) is 0 Å². The summed E-state index contributed by atoms with van der Waals surface area (Å²) in [5, 5.41) is 1.16. The number of hydrogen-bond acceptors (Lipinski definition) is 2. The standard InChI is InChI=1S/C18H12NO/c1-2-7-13(6-1)15-12-17(18-10-5-11-20-18)19-16-9-4-3-8-14(15)16/h1-12H. The minimum absolute atomic E-state index is 0.795. The molecule has 0 saturated carbocycles. The summed E-state index contributed by atoms with van der Waals surface area (Å²) in [6.07, 6.45) is 10.0. The normalized spacial score (nSPS) is 13.9. The fourth-order valence-corrected chi connectivity index (χ4v) is 2.52. The first-order valence-electron chi connectivity index (χ1n) is 6.57. The number of nitrogens with zero attached hydrogens (tertiary/aromatic N) is 1. The van der Waals surface area contributed by atoms with E-state index in [1.807, 2.05) is 30.3 Å². The third kappa shape index (κ3) is 1.77. The highest BCUT2D eigenvalue weighted by Crippen LogP contribution is 2.31. The Morgan fingerprint density at radius 3 is 2.75 bits per heavy atom. The zero-order valence-electron chi connectivity index (χ0n) is 10.8. The number of hydrogen-bond donors (Lipinski definition) is 0. The van der Waals surface area contributed by atoms with Crippen molar-refractivity contribution in [2.45, 2.75) is 0 Å².